The van der Waals surface area contributed by atoms with Gasteiger partial charge >= 0.3 is 6.55 Å². The molecule has 0 aliphatic rings. The van der Waals surface area contributed by atoms with E-state index in [0.717, 1.165) is 21.9 Å². The van der Waals surface area contributed by atoms with E-state index in [4.69, 9.17) is 0 Å². The van der Waals surface area contributed by atoms with Crippen LogP contribution in [0.5, 0.6) is 0 Å². The number of fused-ring (bicyclic) bond motifs is 1. The first kappa shape index (κ1) is 18.4. The molecule has 0 aliphatic heterocycles. The molecule has 1 atom stereocenters. The van der Waals surface area contributed by atoms with Crippen molar-refractivity contribution in [3.63, 3.8) is 0 Å². The van der Waals surface area contributed by atoms with Crippen LogP contribution in [-0.4, -0.2) is 20.7 Å². The SMILES string of the molecule is CCC(Sc1nc2ccccc2n1C(F)F)C(=O)NCc1ccccc1. The van der Waals surface area contributed by atoms with Crippen LogP contribution in [0.25, 0.3) is 11.0 Å². The molecular weight excluding hydrogens is 356 g/mol. The minimum atomic E-state index is -2.71. The Morgan fingerprint density at radius 1 is 1.15 bits per heavy atom. The summed E-state index contributed by atoms with van der Waals surface area (Å²) in [4.78, 5) is 16.8. The lowest BCUT2D eigenvalue weighted by Gasteiger charge is -2.15. The Kier molecular flexibility index (Phi) is 5.88. The number of carbonyl (C=O) groups excluding carboxylic acids is 1. The summed E-state index contributed by atoms with van der Waals surface area (Å²) in [7, 11) is 0. The molecule has 0 radical (unpaired) electrons. The fourth-order valence-corrected chi connectivity index (χ4v) is 3.70. The maximum atomic E-state index is 13.5. The number of thioether (sulfide) groups is 1. The third-order valence-corrected chi connectivity index (χ3v) is 5.31. The lowest BCUT2D eigenvalue weighted by molar-refractivity contribution is -0.120. The van der Waals surface area contributed by atoms with Crippen LogP contribution < -0.4 is 5.32 Å². The van der Waals surface area contributed by atoms with Gasteiger partial charge in [0.1, 0.15) is 0 Å². The second-order valence-electron chi connectivity index (χ2n) is 5.75. The molecule has 4 nitrogen and oxygen atoms in total. The molecule has 136 valence electrons. The Morgan fingerprint density at radius 3 is 2.54 bits per heavy atom. The number of halogens is 2. The zero-order valence-corrected chi connectivity index (χ0v) is 15.0. The van der Waals surface area contributed by atoms with E-state index >= 15 is 0 Å². The first-order valence-electron chi connectivity index (χ1n) is 8.33. The van der Waals surface area contributed by atoms with E-state index in [1.807, 2.05) is 37.3 Å². The highest BCUT2D eigenvalue weighted by Crippen LogP contribution is 2.32. The number of alkyl halides is 2. The topological polar surface area (TPSA) is 46.9 Å². The Bertz CT molecular complexity index is 883. The Morgan fingerprint density at radius 2 is 1.85 bits per heavy atom. The zero-order valence-electron chi connectivity index (χ0n) is 14.2. The Labute approximate surface area is 154 Å². The number of benzene rings is 2. The minimum Gasteiger partial charge on any atom is -0.351 e. The number of para-hydroxylation sites is 2. The van der Waals surface area contributed by atoms with E-state index in [2.05, 4.69) is 10.3 Å². The van der Waals surface area contributed by atoms with Crippen molar-refractivity contribution < 1.29 is 13.6 Å². The summed E-state index contributed by atoms with van der Waals surface area (Å²) in [6, 6.07) is 16.3. The molecular formula is C19H19F2N3OS. The summed E-state index contributed by atoms with van der Waals surface area (Å²) in [5.41, 5.74) is 1.85. The molecule has 3 aromatic rings. The summed E-state index contributed by atoms with van der Waals surface area (Å²) < 4.78 is 27.9. The van der Waals surface area contributed by atoms with Gasteiger partial charge < -0.3 is 5.32 Å². The number of amides is 1. The minimum absolute atomic E-state index is 0.155. The van der Waals surface area contributed by atoms with Crippen molar-refractivity contribution in [2.24, 2.45) is 0 Å². The molecule has 2 aromatic carbocycles. The van der Waals surface area contributed by atoms with E-state index in [1.165, 1.54) is 0 Å². The summed E-state index contributed by atoms with van der Waals surface area (Å²) in [6.07, 6.45) is 0.512. The molecule has 26 heavy (non-hydrogen) atoms. The van der Waals surface area contributed by atoms with Crippen molar-refractivity contribution in [1.29, 1.82) is 0 Å². The van der Waals surface area contributed by atoms with Crippen molar-refractivity contribution in [3.8, 4) is 0 Å². The molecule has 1 amide bonds. The second kappa shape index (κ2) is 8.31. The quantitative estimate of drug-likeness (QED) is 0.613. The first-order chi connectivity index (χ1) is 12.6. The highest BCUT2D eigenvalue weighted by atomic mass is 32.2. The van der Waals surface area contributed by atoms with Gasteiger partial charge in [-0.05, 0) is 24.1 Å². The van der Waals surface area contributed by atoms with Gasteiger partial charge in [0.15, 0.2) is 5.16 Å². The summed E-state index contributed by atoms with van der Waals surface area (Å²) in [6.45, 7) is -0.452. The van der Waals surface area contributed by atoms with Gasteiger partial charge in [-0.2, -0.15) is 8.78 Å². The predicted octanol–water partition coefficient (Wildman–Crippen LogP) is 4.62. The van der Waals surface area contributed by atoms with Crippen LogP contribution >= 0.6 is 11.8 Å². The molecule has 1 unspecified atom stereocenters. The monoisotopic (exact) mass is 375 g/mol. The molecule has 1 aromatic heterocycles. The summed E-state index contributed by atoms with van der Waals surface area (Å²) >= 11 is 1.07. The van der Waals surface area contributed by atoms with Crippen LogP contribution in [0.4, 0.5) is 8.78 Å². The second-order valence-corrected chi connectivity index (χ2v) is 6.92. The fourth-order valence-electron chi connectivity index (χ4n) is 2.64. The third-order valence-electron chi connectivity index (χ3n) is 3.98. The average Bonchev–Trinajstić information content (AvgIpc) is 3.03. The Hall–Kier alpha value is -2.41. The van der Waals surface area contributed by atoms with Crippen LogP contribution in [0, 0.1) is 0 Å². The smallest absolute Gasteiger partial charge is 0.321 e. The van der Waals surface area contributed by atoms with Gasteiger partial charge in [-0.25, -0.2) is 4.98 Å². The maximum absolute atomic E-state index is 13.5. The van der Waals surface area contributed by atoms with Crippen molar-refractivity contribution in [3.05, 3.63) is 60.2 Å². The third kappa shape index (κ3) is 4.04. The van der Waals surface area contributed by atoms with Gasteiger partial charge in [-0.1, -0.05) is 61.2 Å². The van der Waals surface area contributed by atoms with E-state index < -0.39 is 11.8 Å². The molecule has 1 heterocycles. The molecule has 0 saturated heterocycles. The molecule has 0 saturated carbocycles. The number of carbonyl (C=O) groups is 1. The van der Waals surface area contributed by atoms with E-state index in [1.54, 1.807) is 24.3 Å². The van der Waals surface area contributed by atoms with Crippen LogP contribution in [0.15, 0.2) is 59.8 Å². The highest BCUT2D eigenvalue weighted by molar-refractivity contribution is 8.00. The highest BCUT2D eigenvalue weighted by Gasteiger charge is 2.24. The van der Waals surface area contributed by atoms with Crippen LogP contribution in [0.2, 0.25) is 0 Å². The molecule has 0 aliphatic carbocycles. The van der Waals surface area contributed by atoms with Gasteiger partial charge in [-0.3, -0.25) is 9.36 Å². The largest absolute Gasteiger partial charge is 0.351 e. The molecule has 1 N–H and O–H groups in total. The maximum Gasteiger partial charge on any atom is 0.321 e. The average molecular weight is 375 g/mol. The summed E-state index contributed by atoms with van der Waals surface area (Å²) in [5.74, 6) is -0.186. The van der Waals surface area contributed by atoms with Crippen LogP contribution in [0.3, 0.4) is 0 Å². The zero-order chi connectivity index (χ0) is 18.5. The van der Waals surface area contributed by atoms with Crippen molar-refractivity contribution in [2.45, 2.75) is 36.8 Å². The lowest BCUT2D eigenvalue weighted by Crippen LogP contribution is -2.32. The number of nitrogens with zero attached hydrogens (tertiary/aromatic N) is 2. The van der Waals surface area contributed by atoms with Crippen molar-refractivity contribution in [1.82, 2.24) is 14.9 Å². The number of nitrogens with one attached hydrogen (secondary N) is 1. The first-order valence-corrected chi connectivity index (χ1v) is 9.21. The lowest BCUT2D eigenvalue weighted by atomic mass is 10.2. The molecule has 0 spiro atoms. The van der Waals surface area contributed by atoms with Crippen LogP contribution in [0.1, 0.15) is 25.5 Å². The summed E-state index contributed by atoms with van der Waals surface area (Å²) in [5, 5.41) is 2.53. The van der Waals surface area contributed by atoms with Gasteiger partial charge in [-0.15, -0.1) is 0 Å². The number of aromatic nitrogens is 2. The van der Waals surface area contributed by atoms with Gasteiger partial charge in [0.05, 0.1) is 16.3 Å². The van der Waals surface area contributed by atoms with Crippen molar-refractivity contribution >= 4 is 28.7 Å². The standard InChI is InChI=1S/C19H19F2N3OS/c1-2-16(17(25)22-12-13-8-4-3-5-9-13)26-19-23-14-10-6-7-11-15(14)24(19)18(20)21/h3-11,16,18H,2,12H2,1H3,(H,22,25). The normalized spacial score (nSPS) is 12.5. The molecule has 7 heteroatoms. The number of rotatable bonds is 7. The molecule has 0 bridgehead atoms. The predicted molar refractivity (Wildman–Crippen MR) is 99.2 cm³/mol. The van der Waals surface area contributed by atoms with Crippen LogP contribution in [-0.2, 0) is 11.3 Å². The van der Waals surface area contributed by atoms with E-state index in [0.29, 0.717) is 24.0 Å². The van der Waals surface area contributed by atoms with E-state index in [9.17, 15) is 13.6 Å². The molecule has 3 rings (SSSR count). The number of hydrogen-bond donors (Lipinski definition) is 1. The van der Waals surface area contributed by atoms with E-state index in [-0.39, 0.29) is 11.1 Å². The van der Waals surface area contributed by atoms with Gasteiger partial charge in [0.25, 0.3) is 0 Å². The Balaban J connectivity index is 1.76. The number of hydrogen-bond acceptors (Lipinski definition) is 3. The fraction of sp³-hybridized carbons (Fsp3) is 0.263. The molecule has 0 fully saturated rings. The van der Waals surface area contributed by atoms with Gasteiger partial charge in [0.2, 0.25) is 5.91 Å². The van der Waals surface area contributed by atoms with Gasteiger partial charge in [0, 0.05) is 6.54 Å². The van der Waals surface area contributed by atoms with Crippen molar-refractivity contribution in [2.75, 3.05) is 0 Å². The number of imidazole rings is 1.